The van der Waals surface area contributed by atoms with Gasteiger partial charge in [0.15, 0.2) is 0 Å². The number of nitrogens with two attached hydrogens (primary N) is 1. The zero-order chi connectivity index (χ0) is 15.8. The molecule has 21 heavy (non-hydrogen) atoms. The number of nitrogens with zero attached hydrogens (tertiary/aromatic N) is 1. The zero-order valence-electron chi connectivity index (χ0n) is 13.3. The molecule has 1 rings (SSSR count). The van der Waals surface area contributed by atoms with Gasteiger partial charge in [-0.25, -0.2) is 0 Å². The van der Waals surface area contributed by atoms with Crippen LogP contribution < -0.4 is 15.2 Å². The molecule has 5 heteroatoms. The summed E-state index contributed by atoms with van der Waals surface area (Å²) >= 11 is 0. The fraction of sp³-hybridized carbons (Fsp3) is 0.562. The van der Waals surface area contributed by atoms with Crippen LogP contribution in [0.15, 0.2) is 24.3 Å². The first-order valence-electron chi connectivity index (χ1n) is 7.27. The van der Waals surface area contributed by atoms with Crippen molar-refractivity contribution in [1.29, 1.82) is 0 Å². The summed E-state index contributed by atoms with van der Waals surface area (Å²) in [5.41, 5.74) is 5.94. The highest BCUT2D eigenvalue weighted by Gasteiger charge is 2.22. The van der Waals surface area contributed by atoms with Gasteiger partial charge < -0.3 is 20.1 Å². The van der Waals surface area contributed by atoms with Crippen LogP contribution in [0.3, 0.4) is 0 Å². The van der Waals surface area contributed by atoms with Gasteiger partial charge in [0.05, 0.1) is 19.7 Å². The summed E-state index contributed by atoms with van der Waals surface area (Å²) in [6.45, 7) is 4.96. The smallest absolute Gasteiger partial charge is 0.239 e. The van der Waals surface area contributed by atoms with E-state index in [1.165, 1.54) is 0 Å². The SMILES string of the molecule is CC[C@H](C)[C@H](N)C(=O)N(C)CCOc1ccc(OC)cc1. The van der Waals surface area contributed by atoms with E-state index in [0.29, 0.717) is 13.2 Å². The second kappa shape index (κ2) is 8.52. The Hall–Kier alpha value is -1.75. The predicted molar refractivity (Wildman–Crippen MR) is 83.6 cm³/mol. The normalized spacial score (nSPS) is 13.4. The van der Waals surface area contributed by atoms with Crippen molar-refractivity contribution in [1.82, 2.24) is 4.90 Å². The molecule has 1 aromatic carbocycles. The van der Waals surface area contributed by atoms with Crippen LogP contribution >= 0.6 is 0 Å². The van der Waals surface area contributed by atoms with E-state index in [9.17, 15) is 4.79 Å². The first-order chi connectivity index (χ1) is 9.99. The quantitative estimate of drug-likeness (QED) is 0.795. The van der Waals surface area contributed by atoms with Crippen molar-refractivity contribution < 1.29 is 14.3 Å². The maximum atomic E-state index is 12.1. The van der Waals surface area contributed by atoms with Crippen molar-refractivity contribution in [2.75, 3.05) is 27.3 Å². The molecule has 0 unspecified atom stereocenters. The number of hydrogen-bond donors (Lipinski definition) is 1. The Morgan fingerprint density at radius 2 is 1.86 bits per heavy atom. The number of benzene rings is 1. The molecular weight excluding hydrogens is 268 g/mol. The number of likely N-dealkylation sites (N-methyl/N-ethyl adjacent to an activating group) is 1. The highest BCUT2D eigenvalue weighted by atomic mass is 16.5. The van der Waals surface area contributed by atoms with Crippen LogP contribution in [0, 0.1) is 5.92 Å². The third-order valence-electron chi connectivity index (χ3n) is 3.67. The molecule has 1 aromatic rings. The van der Waals surface area contributed by atoms with Crippen LogP contribution in [-0.4, -0.2) is 44.2 Å². The summed E-state index contributed by atoms with van der Waals surface area (Å²) in [4.78, 5) is 13.7. The van der Waals surface area contributed by atoms with Crippen molar-refractivity contribution in [2.45, 2.75) is 26.3 Å². The van der Waals surface area contributed by atoms with E-state index < -0.39 is 6.04 Å². The zero-order valence-corrected chi connectivity index (χ0v) is 13.3. The molecule has 5 nitrogen and oxygen atoms in total. The highest BCUT2D eigenvalue weighted by molar-refractivity contribution is 5.81. The molecule has 0 spiro atoms. The van der Waals surface area contributed by atoms with E-state index in [0.717, 1.165) is 17.9 Å². The topological polar surface area (TPSA) is 64.8 Å². The molecular formula is C16H26N2O3. The fourth-order valence-electron chi connectivity index (χ4n) is 1.83. The molecule has 0 saturated heterocycles. The number of rotatable bonds is 8. The fourth-order valence-corrected chi connectivity index (χ4v) is 1.83. The minimum absolute atomic E-state index is 0.0392. The predicted octanol–water partition coefficient (Wildman–Crippen LogP) is 1.91. The largest absolute Gasteiger partial charge is 0.497 e. The Balaban J connectivity index is 2.38. The number of methoxy groups -OCH3 is 1. The average molecular weight is 294 g/mol. The molecule has 0 fully saturated rings. The molecule has 0 bridgehead atoms. The lowest BCUT2D eigenvalue weighted by molar-refractivity contribution is -0.132. The second-order valence-corrected chi connectivity index (χ2v) is 5.20. The highest BCUT2D eigenvalue weighted by Crippen LogP contribution is 2.16. The number of carbonyl (C=O) groups excluding carboxylic acids is 1. The van der Waals surface area contributed by atoms with Crippen molar-refractivity contribution >= 4 is 5.91 Å². The Kier molecular flexibility index (Phi) is 7.02. The standard InChI is InChI=1S/C16H26N2O3/c1-5-12(2)15(17)16(19)18(3)10-11-21-14-8-6-13(20-4)7-9-14/h6-9,12,15H,5,10-11,17H2,1-4H3/t12-,15-/m0/s1. The summed E-state index contributed by atoms with van der Waals surface area (Å²) in [7, 11) is 3.37. The van der Waals surface area contributed by atoms with Gasteiger partial charge in [0.1, 0.15) is 18.1 Å². The number of ether oxygens (including phenoxy) is 2. The van der Waals surface area contributed by atoms with Crippen molar-refractivity contribution in [3.8, 4) is 11.5 Å². The third kappa shape index (κ3) is 5.27. The monoisotopic (exact) mass is 294 g/mol. The molecule has 0 aromatic heterocycles. The Morgan fingerprint density at radius 1 is 1.29 bits per heavy atom. The van der Waals surface area contributed by atoms with Crippen molar-refractivity contribution in [3.05, 3.63) is 24.3 Å². The van der Waals surface area contributed by atoms with E-state index in [2.05, 4.69) is 0 Å². The molecule has 0 aliphatic carbocycles. The molecule has 2 atom stereocenters. The maximum absolute atomic E-state index is 12.1. The second-order valence-electron chi connectivity index (χ2n) is 5.20. The molecule has 118 valence electrons. The summed E-state index contributed by atoms with van der Waals surface area (Å²) in [6.07, 6.45) is 0.892. The van der Waals surface area contributed by atoms with Gasteiger partial charge in [-0.2, -0.15) is 0 Å². The first-order valence-corrected chi connectivity index (χ1v) is 7.27. The van der Waals surface area contributed by atoms with Gasteiger partial charge in [0.25, 0.3) is 0 Å². The molecule has 2 N–H and O–H groups in total. The van der Waals surface area contributed by atoms with E-state index >= 15 is 0 Å². The van der Waals surface area contributed by atoms with Crippen molar-refractivity contribution in [2.24, 2.45) is 11.7 Å². The molecule has 0 saturated carbocycles. The maximum Gasteiger partial charge on any atom is 0.239 e. The van der Waals surface area contributed by atoms with Gasteiger partial charge in [-0.3, -0.25) is 4.79 Å². The summed E-state index contributed by atoms with van der Waals surface area (Å²) in [5, 5.41) is 0. The van der Waals surface area contributed by atoms with E-state index in [-0.39, 0.29) is 11.8 Å². The van der Waals surface area contributed by atoms with Crippen LogP contribution in [-0.2, 0) is 4.79 Å². The van der Waals surface area contributed by atoms with Gasteiger partial charge in [-0.15, -0.1) is 0 Å². The summed E-state index contributed by atoms with van der Waals surface area (Å²) in [5.74, 6) is 1.68. The Labute approximate surface area is 127 Å². The molecule has 0 aliphatic rings. The van der Waals surface area contributed by atoms with Gasteiger partial charge >= 0.3 is 0 Å². The minimum Gasteiger partial charge on any atom is -0.497 e. The molecule has 0 heterocycles. The summed E-state index contributed by atoms with van der Waals surface area (Å²) in [6, 6.07) is 6.91. The van der Waals surface area contributed by atoms with Crippen LogP contribution in [0.4, 0.5) is 0 Å². The number of carbonyl (C=O) groups is 1. The molecule has 0 radical (unpaired) electrons. The van der Waals surface area contributed by atoms with E-state index in [4.69, 9.17) is 15.2 Å². The van der Waals surface area contributed by atoms with Gasteiger partial charge in [-0.05, 0) is 30.2 Å². The van der Waals surface area contributed by atoms with E-state index in [1.54, 1.807) is 19.1 Å². The van der Waals surface area contributed by atoms with E-state index in [1.807, 2.05) is 38.1 Å². The third-order valence-corrected chi connectivity index (χ3v) is 3.67. The van der Waals surface area contributed by atoms with Crippen LogP contribution in [0.25, 0.3) is 0 Å². The van der Waals surface area contributed by atoms with Crippen LogP contribution in [0.1, 0.15) is 20.3 Å². The molecule has 0 aliphatic heterocycles. The number of hydrogen-bond acceptors (Lipinski definition) is 4. The summed E-state index contributed by atoms with van der Waals surface area (Å²) < 4.78 is 10.7. The van der Waals surface area contributed by atoms with Crippen molar-refractivity contribution in [3.63, 3.8) is 0 Å². The number of amides is 1. The van der Waals surface area contributed by atoms with Crippen LogP contribution in [0.2, 0.25) is 0 Å². The first kappa shape index (κ1) is 17.3. The minimum atomic E-state index is -0.444. The van der Waals surface area contributed by atoms with Gasteiger partial charge in [0.2, 0.25) is 5.91 Å². The van der Waals surface area contributed by atoms with Gasteiger partial charge in [0, 0.05) is 7.05 Å². The Morgan fingerprint density at radius 3 is 2.38 bits per heavy atom. The van der Waals surface area contributed by atoms with Crippen LogP contribution in [0.5, 0.6) is 11.5 Å². The Bertz CT molecular complexity index is 434. The lowest BCUT2D eigenvalue weighted by Gasteiger charge is -2.24. The lowest BCUT2D eigenvalue weighted by Crippen LogP contribution is -2.46. The van der Waals surface area contributed by atoms with Gasteiger partial charge in [-0.1, -0.05) is 20.3 Å². The average Bonchev–Trinajstić information content (AvgIpc) is 2.53. The lowest BCUT2D eigenvalue weighted by atomic mass is 9.99. The molecule has 1 amide bonds.